The summed E-state index contributed by atoms with van der Waals surface area (Å²) in [4.78, 5) is 2.58. The summed E-state index contributed by atoms with van der Waals surface area (Å²) in [6.45, 7) is 5.32. The molecule has 0 radical (unpaired) electrons. The number of rotatable bonds is 6. The third-order valence-electron chi connectivity index (χ3n) is 3.72. The van der Waals surface area contributed by atoms with Gasteiger partial charge in [-0.1, -0.05) is 30.3 Å². The van der Waals surface area contributed by atoms with E-state index in [0.29, 0.717) is 6.04 Å². The fraction of sp³-hybridized carbons (Fsp3) is 0.600. The molecule has 1 aromatic rings. The Bertz CT molecular complexity index is 318. The van der Waals surface area contributed by atoms with E-state index in [2.05, 4.69) is 40.5 Å². The molecule has 0 aliphatic carbocycles. The van der Waals surface area contributed by atoms with E-state index in [4.69, 9.17) is 5.73 Å². The average Bonchev–Trinajstić information content (AvgIpc) is 2.45. The van der Waals surface area contributed by atoms with Crippen LogP contribution in [0.4, 0.5) is 0 Å². The lowest BCUT2D eigenvalue weighted by Crippen LogP contribution is -2.44. The zero-order chi connectivity index (χ0) is 12.6. The molecular weight excluding hydrogens is 222 g/mol. The van der Waals surface area contributed by atoms with Gasteiger partial charge in [0.1, 0.15) is 0 Å². The molecule has 18 heavy (non-hydrogen) atoms. The van der Waals surface area contributed by atoms with Crippen molar-refractivity contribution in [3.05, 3.63) is 35.9 Å². The van der Waals surface area contributed by atoms with Gasteiger partial charge in [0.25, 0.3) is 0 Å². The Hall–Kier alpha value is -0.900. The van der Waals surface area contributed by atoms with E-state index >= 15 is 0 Å². The molecule has 0 saturated carbocycles. The Balaban J connectivity index is 1.65. The molecule has 1 aliphatic rings. The molecule has 0 aromatic heterocycles. The van der Waals surface area contributed by atoms with Gasteiger partial charge in [-0.25, -0.2) is 0 Å². The highest BCUT2D eigenvalue weighted by atomic mass is 15.1. The van der Waals surface area contributed by atoms with Gasteiger partial charge in [0.2, 0.25) is 0 Å². The number of nitrogens with zero attached hydrogens (tertiary/aromatic N) is 1. The third kappa shape index (κ3) is 4.41. The van der Waals surface area contributed by atoms with Crippen LogP contribution >= 0.6 is 0 Å². The maximum atomic E-state index is 5.51. The lowest BCUT2D eigenvalue weighted by atomic mass is 10.0. The topological polar surface area (TPSA) is 41.3 Å². The van der Waals surface area contributed by atoms with Gasteiger partial charge in [-0.2, -0.15) is 0 Å². The van der Waals surface area contributed by atoms with Gasteiger partial charge < -0.3 is 16.0 Å². The van der Waals surface area contributed by atoms with Crippen molar-refractivity contribution in [2.45, 2.75) is 25.3 Å². The summed E-state index contributed by atoms with van der Waals surface area (Å²) >= 11 is 0. The number of likely N-dealkylation sites (tertiary alicyclic amines) is 1. The maximum Gasteiger partial charge on any atom is 0.00919 e. The van der Waals surface area contributed by atoms with Gasteiger partial charge in [0.15, 0.2) is 0 Å². The summed E-state index contributed by atoms with van der Waals surface area (Å²) in [5, 5.41) is 3.51. The van der Waals surface area contributed by atoms with Crippen molar-refractivity contribution >= 4 is 0 Å². The molecule has 100 valence electrons. The second-order valence-electron chi connectivity index (χ2n) is 5.09. The standard InChI is InChI=1S/C15H25N3/c16-9-10-17-15-7-12-18(13-8-15)11-6-14-4-2-1-3-5-14/h1-5,15,17H,6-13,16H2. The highest BCUT2D eigenvalue weighted by Gasteiger charge is 2.17. The summed E-state index contributed by atoms with van der Waals surface area (Å²) in [6.07, 6.45) is 3.69. The second kappa shape index (κ2) is 7.52. The zero-order valence-electron chi connectivity index (χ0n) is 11.1. The molecule has 0 unspecified atom stereocenters. The van der Waals surface area contributed by atoms with Crippen molar-refractivity contribution in [2.24, 2.45) is 5.73 Å². The lowest BCUT2D eigenvalue weighted by Gasteiger charge is -2.32. The van der Waals surface area contributed by atoms with Crippen molar-refractivity contribution in [1.82, 2.24) is 10.2 Å². The summed E-state index contributed by atoms with van der Waals surface area (Å²) in [7, 11) is 0. The molecule has 1 aromatic carbocycles. The molecule has 0 amide bonds. The van der Waals surface area contributed by atoms with Crippen molar-refractivity contribution < 1.29 is 0 Å². The molecule has 1 aliphatic heterocycles. The van der Waals surface area contributed by atoms with E-state index in [1.165, 1.54) is 44.5 Å². The van der Waals surface area contributed by atoms with Crippen LogP contribution in [0.5, 0.6) is 0 Å². The number of benzene rings is 1. The minimum Gasteiger partial charge on any atom is -0.329 e. The Morgan fingerprint density at radius 1 is 1.17 bits per heavy atom. The summed E-state index contributed by atoms with van der Waals surface area (Å²) in [6, 6.07) is 11.4. The number of piperidine rings is 1. The van der Waals surface area contributed by atoms with Gasteiger partial charge in [-0.05, 0) is 37.9 Å². The SMILES string of the molecule is NCCNC1CCN(CCc2ccccc2)CC1. The van der Waals surface area contributed by atoms with Crippen LogP contribution in [0.15, 0.2) is 30.3 Å². The minimum atomic E-state index is 0.682. The summed E-state index contributed by atoms with van der Waals surface area (Å²) in [5.41, 5.74) is 6.96. The Morgan fingerprint density at radius 3 is 2.56 bits per heavy atom. The smallest absolute Gasteiger partial charge is 0.00919 e. The van der Waals surface area contributed by atoms with Crippen molar-refractivity contribution in [3.8, 4) is 0 Å². The predicted molar refractivity (Wildman–Crippen MR) is 76.7 cm³/mol. The van der Waals surface area contributed by atoms with Crippen LogP contribution in [-0.4, -0.2) is 43.7 Å². The molecule has 0 spiro atoms. The van der Waals surface area contributed by atoms with Crippen LogP contribution in [0.1, 0.15) is 18.4 Å². The van der Waals surface area contributed by atoms with E-state index in [9.17, 15) is 0 Å². The minimum absolute atomic E-state index is 0.682. The molecule has 0 bridgehead atoms. The first-order valence-electron chi connectivity index (χ1n) is 7.08. The van der Waals surface area contributed by atoms with Crippen LogP contribution in [0, 0.1) is 0 Å². The van der Waals surface area contributed by atoms with Crippen LogP contribution in [-0.2, 0) is 6.42 Å². The lowest BCUT2D eigenvalue weighted by molar-refractivity contribution is 0.200. The van der Waals surface area contributed by atoms with E-state index in [0.717, 1.165) is 13.1 Å². The third-order valence-corrected chi connectivity index (χ3v) is 3.72. The molecule has 3 N–H and O–H groups in total. The number of nitrogens with one attached hydrogen (secondary N) is 1. The Labute approximate surface area is 110 Å². The summed E-state index contributed by atoms with van der Waals surface area (Å²) in [5.74, 6) is 0. The van der Waals surface area contributed by atoms with Gasteiger partial charge >= 0.3 is 0 Å². The van der Waals surface area contributed by atoms with Gasteiger partial charge in [0, 0.05) is 25.7 Å². The fourth-order valence-corrected chi connectivity index (χ4v) is 2.58. The van der Waals surface area contributed by atoms with Crippen molar-refractivity contribution in [3.63, 3.8) is 0 Å². The monoisotopic (exact) mass is 247 g/mol. The second-order valence-corrected chi connectivity index (χ2v) is 5.09. The number of hydrogen-bond donors (Lipinski definition) is 2. The van der Waals surface area contributed by atoms with Crippen LogP contribution < -0.4 is 11.1 Å². The van der Waals surface area contributed by atoms with E-state index < -0.39 is 0 Å². The first-order chi connectivity index (χ1) is 8.88. The Morgan fingerprint density at radius 2 is 1.89 bits per heavy atom. The summed E-state index contributed by atoms with van der Waals surface area (Å²) < 4.78 is 0. The van der Waals surface area contributed by atoms with Crippen molar-refractivity contribution in [1.29, 1.82) is 0 Å². The molecule has 1 heterocycles. The molecule has 0 atom stereocenters. The number of hydrogen-bond acceptors (Lipinski definition) is 3. The molecular formula is C15H25N3. The van der Waals surface area contributed by atoms with E-state index in [1.54, 1.807) is 0 Å². The highest BCUT2D eigenvalue weighted by Crippen LogP contribution is 2.11. The predicted octanol–water partition coefficient (Wildman–Crippen LogP) is 1.24. The molecule has 1 saturated heterocycles. The first-order valence-corrected chi connectivity index (χ1v) is 7.08. The number of nitrogens with two attached hydrogens (primary N) is 1. The molecule has 3 heteroatoms. The van der Waals surface area contributed by atoms with Gasteiger partial charge in [0.05, 0.1) is 0 Å². The maximum absolute atomic E-state index is 5.51. The van der Waals surface area contributed by atoms with Crippen LogP contribution in [0.25, 0.3) is 0 Å². The van der Waals surface area contributed by atoms with Gasteiger partial charge in [-0.3, -0.25) is 0 Å². The quantitative estimate of drug-likeness (QED) is 0.795. The fourth-order valence-electron chi connectivity index (χ4n) is 2.58. The average molecular weight is 247 g/mol. The molecule has 2 rings (SSSR count). The van der Waals surface area contributed by atoms with Crippen LogP contribution in [0.2, 0.25) is 0 Å². The van der Waals surface area contributed by atoms with Gasteiger partial charge in [-0.15, -0.1) is 0 Å². The largest absolute Gasteiger partial charge is 0.329 e. The van der Waals surface area contributed by atoms with E-state index in [1.807, 2.05) is 0 Å². The van der Waals surface area contributed by atoms with Crippen molar-refractivity contribution in [2.75, 3.05) is 32.7 Å². The normalized spacial score (nSPS) is 18.1. The highest BCUT2D eigenvalue weighted by molar-refractivity contribution is 5.14. The Kier molecular flexibility index (Phi) is 5.65. The van der Waals surface area contributed by atoms with E-state index in [-0.39, 0.29) is 0 Å². The zero-order valence-corrected chi connectivity index (χ0v) is 11.1. The molecule has 1 fully saturated rings. The molecule has 3 nitrogen and oxygen atoms in total. The first kappa shape index (κ1) is 13.5. The van der Waals surface area contributed by atoms with Crippen LogP contribution in [0.3, 0.4) is 0 Å².